The standard InChI is InChI=1S/C17H13ClN2O2S2/c18-13-3-1-11(2-4-13)15-10-20-24(21,22)17-14(15)9-16(23-17)12-5-7-19-8-6-12/h1-9,15,20H,10H2. The first-order valence-electron chi connectivity index (χ1n) is 7.34. The summed E-state index contributed by atoms with van der Waals surface area (Å²) in [6.45, 7) is 0.351. The lowest BCUT2D eigenvalue weighted by atomic mass is 9.93. The summed E-state index contributed by atoms with van der Waals surface area (Å²) in [6.07, 6.45) is 3.41. The zero-order valence-corrected chi connectivity index (χ0v) is 14.8. The van der Waals surface area contributed by atoms with Crippen molar-refractivity contribution in [3.05, 3.63) is 71.0 Å². The van der Waals surface area contributed by atoms with Gasteiger partial charge in [-0.25, -0.2) is 13.1 Å². The normalized spacial score (nSPS) is 19.0. The highest BCUT2D eigenvalue weighted by molar-refractivity contribution is 7.91. The third kappa shape index (κ3) is 2.75. The maximum Gasteiger partial charge on any atom is 0.250 e. The fraction of sp³-hybridized carbons (Fsp3) is 0.118. The number of pyridine rings is 1. The first-order valence-corrected chi connectivity index (χ1v) is 10.0. The van der Waals surface area contributed by atoms with Gasteiger partial charge in [0, 0.05) is 34.8 Å². The van der Waals surface area contributed by atoms with Gasteiger partial charge in [0.25, 0.3) is 0 Å². The molecule has 4 rings (SSSR count). The summed E-state index contributed by atoms with van der Waals surface area (Å²) in [5.41, 5.74) is 2.85. The molecule has 1 N–H and O–H groups in total. The van der Waals surface area contributed by atoms with E-state index in [2.05, 4.69) is 9.71 Å². The van der Waals surface area contributed by atoms with Gasteiger partial charge in [-0.1, -0.05) is 23.7 Å². The molecular weight excluding hydrogens is 364 g/mol. The quantitative estimate of drug-likeness (QED) is 0.738. The number of fused-ring (bicyclic) bond motifs is 1. The van der Waals surface area contributed by atoms with E-state index in [4.69, 9.17) is 11.6 Å². The number of aromatic nitrogens is 1. The van der Waals surface area contributed by atoms with Crippen LogP contribution >= 0.6 is 22.9 Å². The molecule has 1 unspecified atom stereocenters. The molecule has 0 radical (unpaired) electrons. The summed E-state index contributed by atoms with van der Waals surface area (Å²) >= 11 is 7.26. The van der Waals surface area contributed by atoms with Gasteiger partial charge >= 0.3 is 0 Å². The number of hydrogen-bond acceptors (Lipinski definition) is 4. The second-order valence-corrected chi connectivity index (χ2v) is 9.00. The molecule has 0 aliphatic carbocycles. The molecule has 1 aliphatic heterocycles. The topological polar surface area (TPSA) is 59.1 Å². The molecule has 1 aromatic carbocycles. The van der Waals surface area contributed by atoms with Crippen molar-refractivity contribution in [2.24, 2.45) is 0 Å². The first-order chi connectivity index (χ1) is 11.5. The SMILES string of the molecule is O=S1(=O)NCC(c2ccc(Cl)cc2)c2cc(-c3ccncc3)sc21. The predicted octanol–water partition coefficient (Wildman–Crippen LogP) is 3.89. The van der Waals surface area contributed by atoms with E-state index in [0.717, 1.165) is 21.6 Å². The summed E-state index contributed by atoms with van der Waals surface area (Å²) in [5, 5.41) is 0.665. The number of thiophene rings is 1. The van der Waals surface area contributed by atoms with Gasteiger partial charge in [0.1, 0.15) is 4.21 Å². The Bertz CT molecular complexity index is 983. The second-order valence-electron chi connectivity index (χ2n) is 5.55. The van der Waals surface area contributed by atoms with Crippen LogP contribution in [0.1, 0.15) is 17.0 Å². The lowest BCUT2D eigenvalue weighted by Crippen LogP contribution is -2.34. The largest absolute Gasteiger partial charge is 0.265 e. The van der Waals surface area contributed by atoms with Crippen molar-refractivity contribution in [1.29, 1.82) is 0 Å². The Labute approximate surface area is 149 Å². The average molecular weight is 377 g/mol. The Hall–Kier alpha value is -1.73. The Kier molecular flexibility index (Phi) is 3.92. The van der Waals surface area contributed by atoms with Crippen molar-refractivity contribution in [2.45, 2.75) is 10.1 Å². The molecule has 24 heavy (non-hydrogen) atoms. The molecule has 122 valence electrons. The lowest BCUT2D eigenvalue weighted by Gasteiger charge is -2.23. The van der Waals surface area contributed by atoms with Crippen molar-refractivity contribution in [2.75, 3.05) is 6.54 Å². The van der Waals surface area contributed by atoms with Crippen LogP contribution in [0.2, 0.25) is 5.02 Å². The minimum absolute atomic E-state index is 0.0207. The van der Waals surface area contributed by atoms with E-state index in [1.165, 1.54) is 11.3 Å². The second kappa shape index (κ2) is 5.97. The van der Waals surface area contributed by atoms with Crippen molar-refractivity contribution in [1.82, 2.24) is 9.71 Å². The molecule has 1 aliphatic rings. The molecule has 3 heterocycles. The molecule has 1 atom stereocenters. The van der Waals surface area contributed by atoms with E-state index < -0.39 is 10.0 Å². The van der Waals surface area contributed by atoms with Gasteiger partial charge in [0.15, 0.2) is 0 Å². The minimum atomic E-state index is -3.45. The molecule has 4 nitrogen and oxygen atoms in total. The Balaban J connectivity index is 1.85. The van der Waals surface area contributed by atoms with Crippen LogP contribution < -0.4 is 4.72 Å². The van der Waals surface area contributed by atoms with Gasteiger partial charge in [-0.15, -0.1) is 11.3 Å². The minimum Gasteiger partial charge on any atom is -0.265 e. The van der Waals surface area contributed by atoms with E-state index in [9.17, 15) is 8.42 Å². The third-order valence-corrected chi connectivity index (χ3v) is 7.48. The molecule has 0 saturated heterocycles. The van der Waals surface area contributed by atoms with Crippen LogP contribution in [-0.2, 0) is 10.0 Å². The number of benzene rings is 1. The number of halogens is 1. The van der Waals surface area contributed by atoms with Crippen molar-refractivity contribution < 1.29 is 8.42 Å². The van der Waals surface area contributed by atoms with Gasteiger partial charge in [-0.2, -0.15) is 0 Å². The Morgan fingerprint density at radius 1 is 1.12 bits per heavy atom. The van der Waals surface area contributed by atoms with Crippen LogP contribution in [0.25, 0.3) is 10.4 Å². The lowest BCUT2D eigenvalue weighted by molar-refractivity contribution is 0.568. The molecule has 2 aromatic heterocycles. The zero-order valence-electron chi connectivity index (χ0n) is 12.4. The van der Waals surface area contributed by atoms with Crippen LogP contribution in [0.3, 0.4) is 0 Å². The maximum atomic E-state index is 12.4. The summed E-state index contributed by atoms with van der Waals surface area (Å²) in [4.78, 5) is 4.94. The maximum absolute atomic E-state index is 12.4. The fourth-order valence-corrected chi connectivity index (χ4v) is 5.86. The van der Waals surface area contributed by atoms with Gasteiger partial charge in [0.2, 0.25) is 10.0 Å². The van der Waals surface area contributed by atoms with Gasteiger partial charge in [-0.05, 0) is 47.0 Å². The van der Waals surface area contributed by atoms with E-state index in [1.54, 1.807) is 12.4 Å². The van der Waals surface area contributed by atoms with Crippen LogP contribution in [0, 0.1) is 0 Å². The number of hydrogen-bond donors (Lipinski definition) is 1. The summed E-state index contributed by atoms with van der Waals surface area (Å²) in [5.74, 6) is -0.0207. The van der Waals surface area contributed by atoms with Crippen molar-refractivity contribution in [3.63, 3.8) is 0 Å². The number of sulfonamides is 1. The van der Waals surface area contributed by atoms with Gasteiger partial charge in [0.05, 0.1) is 0 Å². The monoisotopic (exact) mass is 376 g/mol. The third-order valence-electron chi connectivity index (χ3n) is 4.06. The Morgan fingerprint density at radius 2 is 1.83 bits per heavy atom. The highest BCUT2D eigenvalue weighted by Crippen LogP contribution is 2.42. The zero-order chi connectivity index (χ0) is 16.7. The van der Waals surface area contributed by atoms with Crippen LogP contribution in [-0.4, -0.2) is 19.9 Å². The summed E-state index contributed by atoms with van der Waals surface area (Å²) < 4.78 is 27.9. The van der Waals surface area contributed by atoms with E-state index in [0.29, 0.717) is 15.8 Å². The van der Waals surface area contributed by atoms with Crippen molar-refractivity contribution in [3.8, 4) is 10.4 Å². The number of rotatable bonds is 2. The van der Waals surface area contributed by atoms with Gasteiger partial charge < -0.3 is 0 Å². The van der Waals surface area contributed by atoms with Gasteiger partial charge in [-0.3, -0.25) is 4.98 Å². The molecular formula is C17H13ClN2O2S2. The summed E-state index contributed by atoms with van der Waals surface area (Å²) in [7, 11) is -3.45. The first kappa shape index (κ1) is 15.8. The smallest absolute Gasteiger partial charge is 0.250 e. The molecule has 0 bridgehead atoms. The predicted molar refractivity (Wildman–Crippen MR) is 96.0 cm³/mol. The molecule has 0 saturated carbocycles. The van der Waals surface area contributed by atoms with E-state index >= 15 is 0 Å². The van der Waals surface area contributed by atoms with E-state index in [-0.39, 0.29) is 5.92 Å². The number of nitrogens with zero attached hydrogens (tertiary/aromatic N) is 1. The molecule has 3 aromatic rings. The molecule has 0 amide bonds. The molecule has 0 spiro atoms. The highest BCUT2D eigenvalue weighted by Gasteiger charge is 2.33. The van der Waals surface area contributed by atoms with E-state index in [1.807, 2.05) is 42.5 Å². The average Bonchev–Trinajstić information content (AvgIpc) is 3.04. The van der Waals surface area contributed by atoms with Crippen molar-refractivity contribution >= 4 is 33.0 Å². The molecule has 7 heteroatoms. The van der Waals surface area contributed by atoms with Crippen LogP contribution in [0.5, 0.6) is 0 Å². The summed E-state index contributed by atoms with van der Waals surface area (Å²) in [6, 6.07) is 13.3. The fourth-order valence-electron chi connectivity index (χ4n) is 2.86. The highest BCUT2D eigenvalue weighted by atomic mass is 35.5. The molecule has 0 fully saturated rings. The number of nitrogens with one attached hydrogen (secondary N) is 1. The Morgan fingerprint density at radius 3 is 2.54 bits per heavy atom. The van der Waals surface area contributed by atoms with Crippen LogP contribution in [0.15, 0.2) is 59.1 Å². The van der Waals surface area contributed by atoms with Crippen LogP contribution in [0.4, 0.5) is 0 Å².